The molecule has 0 aliphatic carbocycles. The Bertz CT molecular complexity index is 374. The second-order valence-electron chi connectivity index (χ2n) is 4.53. The molecule has 1 rings (SSSR count). The second-order valence-corrected chi connectivity index (χ2v) is 4.53. The summed E-state index contributed by atoms with van der Waals surface area (Å²) in [6, 6.07) is 7.63. The van der Waals surface area contributed by atoms with E-state index in [1.54, 1.807) is 0 Å². The van der Waals surface area contributed by atoms with Gasteiger partial charge in [-0.25, -0.2) is 0 Å². The van der Waals surface area contributed by atoms with Gasteiger partial charge in [-0.1, -0.05) is 26.0 Å². The van der Waals surface area contributed by atoms with Gasteiger partial charge in [0.05, 0.1) is 5.56 Å². The third-order valence-corrected chi connectivity index (χ3v) is 2.68. The van der Waals surface area contributed by atoms with Crippen LogP contribution < -0.4 is 5.32 Å². The fourth-order valence-electron chi connectivity index (χ4n) is 1.85. The van der Waals surface area contributed by atoms with Gasteiger partial charge < -0.3 is 10.2 Å². The predicted octanol–water partition coefficient (Wildman–Crippen LogP) is 2.85. The highest BCUT2D eigenvalue weighted by Crippen LogP contribution is 2.17. The zero-order valence-corrected chi connectivity index (χ0v) is 11.2. The Kier molecular flexibility index (Phi) is 5.01. The monoisotopic (exact) mass is 234 g/mol. The molecule has 0 saturated carbocycles. The van der Waals surface area contributed by atoms with Crippen LogP contribution in [0.1, 0.15) is 31.1 Å². The highest BCUT2D eigenvalue weighted by Gasteiger charge is 2.17. The summed E-state index contributed by atoms with van der Waals surface area (Å²) in [6.07, 6.45) is 0. The minimum absolute atomic E-state index is 0.103. The van der Waals surface area contributed by atoms with Crippen molar-refractivity contribution in [1.82, 2.24) is 4.90 Å². The summed E-state index contributed by atoms with van der Waals surface area (Å²) >= 11 is 0. The Labute approximate surface area is 104 Å². The lowest BCUT2D eigenvalue weighted by molar-refractivity contribution is 0.0747. The zero-order valence-electron chi connectivity index (χ0n) is 11.2. The number of amides is 1. The topological polar surface area (TPSA) is 32.3 Å². The van der Waals surface area contributed by atoms with E-state index < -0.39 is 0 Å². The smallest absolute Gasteiger partial charge is 0.255 e. The Morgan fingerprint density at radius 3 is 2.53 bits per heavy atom. The van der Waals surface area contributed by atoms with E-state index in [2.05, 4.69) is 19.2 Å². The van der Waals surface area contributed by atoms with Crippen LogP contribution in [0.4, 0.5) is 5.69 Å². The van der Waals surface area contributed by atoms with Gasteiger partial charge in [0.25, 0.3) is 5.91 Å². The molecule has 0 bridgehead atoms. The van der Waals surface area contributed by atoms with Crippen molar-refractivity contribution in [2.24, 2.45) is 5.92 Å². The van der Waals surface area contributed by atoms with Crippen molar-refractivity contribution in [1.29, 1.82) is 0 Å². The summed E-state index contributed by atoms with van der Waals surface area (Å²) in [5.74, 6) is 0.590. The van der Waals surface area contributed by atoms with Crippen LogP contribution in [0.2, 0.25) is 0 Å². The van der Waals surface area contributed by atoms with Crippen LogP contribution in [0.15, 0.2) is 24.3 Å². The lowest BCUT2D eigenvalue weighted by atomic mass is 10.1. The van der Waals surface area contributed by atoms with E-state index in [4.69, 9.17) is 0 Å². The van der Waals surface area contributed by atoms with E-state index in [9.17, 15) is 4.79 Å². The molecule has 0 saturated heterocycles. The largest absolute Gasteiger partial charge is 0.387 e. The van der Waals surface area contributed by atoms with Crippen molar-refractivity contribution in [3.8, 4) is 0 Å². The molecule has 17 heavy (non-hydrogen) atoms. The van der Waals surface area contributed by atoms with E-state index in [0.29, 0.717) is 5.92 Å². The number of hydrogen-bond donors (Lipinski definition) is 1. The van der Waals surface area contributed by atoms with Gasteiger partial charge in [-0.3, -0.25) is 4.79 Å². The summed E-state index contributed by atoms with van der Waals surface area (Å²) in [6.45, 7) is 7.81. The normalized spacial score (nSPS) is 10.4. The first-order valence-electron chi connectivity index (χ1n) is 6.16. The first kappa shape index (κ1) is 13.6. The molecule has 0 unspecified atom stereocenters. The number of carbonyl (C=O) groups excluding carboxylic acids is 1. The fourth-order valence-corrected chi connectivity index (χ4v) is 1.85. The number of nitrogens with one attached hydrogen (secondary N) is 1. The predicted molar refractivity (Wildman–Crippen MR) is 72.4 cm³/mol. The third kappa shape index (κ3) is 3.48. The van der Waals surface area contributed by atoms with Crippen LogP contribution in [-0.4, -0.2) is 30.9 Å². The lowest BCUT2D eigenvalue weighted by Gasteiger charge is -2.24. The van der Waals surface area contributed by atoms with Crippen molar-refractivity contribution in [3.05, 3.63) is 29.8 Å². The van der Waals surface area contributed by atoms with Gasteiger partial charge in [0.1, 0.15) is 0 Å². The molecule has 0 heterocycles. The van der Waals surface area contributed by atoms with E-state index in [0.717, 1.165) is 24.3 Å². The van der Waals surface area contributed by atoms with Crippen LogP contribution in [-0.2, 0) is 0 Å². The summed E-state index contributed by atoms with van der Waals surface area (Å²) in [5, 5.41) is 3.06. The first-order valence-corrected chi connectivity index (χ1v) is 6.16. The highest BCUT2D eigenvalue weighted by molar-refractivity contribution is 5.99. The van der Waals surface area contributed by atoms with Crippen LogP contribution in [0, 0.1) is 5.92 Å². The van der Waals surface area contributed by atoms with Crippen LogP contribution in [0.5, 0.6) is 0 Å². The van der Waals surface area contributed by atoms with Crippen LogP contribution in [0.3, 0.4) is 0 Å². The number of carbonyl (C=O) groups is 1. The number of benzene rings is 1. The maximum absolute atomic E-state index is 12.4. The van der Waals surface area contributed by atoms with Gasteiger partial charge in [0.15, 0.2) is 0 Å². The standard InChI is InChI=1S/C14H22N2O/c1-5-16(10-11(2)3)14(17)12-8-6-7-9-13(12)15-4/h6-9,11,15H,5,10H2,1-4H3. The minimum Gasteiger partial charge on any atom is -0.387 e. The summed E-state index contributed by atoms with van der Waals surface area (Å²) in [4.78, 5) is 14.3. The molecule has 1 N–H and O–H groups in total. The van der Waals surface area contributed by atoms with E-state index >= 15 is 0 Å². The SMILES string of the molecule is CCN(CC(C)C)C(=O)c1ccccc1NC. The summed E-state index contributed by atoms with van der Waals surface area (Å²) in [5.41, 5.74) is 1.64. The number of para-hydroxylation sites is 1. The molecule has 0 fully saturated rings. The van der Waals surface area contributed by atoms with Gasteiger partial charge in [-0.15, -0.1) is 0 Å². The molecule has 3 nitrogen and oxygen atoms in total. The molecule has 0 spiro atoms. The van der Waals surface area contributed by atoms with Crippen LogP contribution >= 0.6 is 0 Å². The number of anilines is 1. The van der Waals surface area contributed by atoms with Crippen molar-refractivity contribution in [3.63, 3.8) is 0 Å². The van der Waals surface area contributed by atoms with Crippen molar-refractivity contribution >= 4 is 11.6 Å². The Hall–Kier alpha value is -1.51. The highest BCUT2D eigenvalue weighted by atomic mass is 16.2. The summed E-state index contributed by atoms with van der Waals surface area (Å²) in [7, 11) is 1.84. The molecule has 1 aromatic carbocycles. The molecule has 1 aromatic rings. The van der Waals surface area contributed by atoms with Gasteiger partial charge >= 0.3 is 0 Å². The van der Waals surface area contributed by atoms with Crippen molar-refractivity contribution in [2.75, 3.05) is 25.5 Å². The molecular formula is C14H22N2O. The number of hydrogen-bond acceptors (Lipinski definition) is 2. The molecule has 0 radical (unpaired) electrons. The molecule has 0 aliphatic heterocycles. The molecule has 3 heteroatoms. The maximum Gasteiger partial charge on any atom is 0.255 e. The van der Waals surface area contributed by atoms with Gasteiger partial charge in [-0.2, -0.15) is 0 Å². The van der Waals surface area contributed by atoms with Gasteiger partial charge in [-0.05, 0) is 25.0 Å². The van der Waals surface area contributed by atoms with E-state index in [1.165, 1.54) is 0 Å². The van der Waals surface area contributed by atoms with Crippen LogP contribution in [0.25, 0.3) is 0 Å². The Morgan fingerprint density at radius 2 is 2.00 bits per heavy atom. The molecular weight excluding hydrogens is 212 g/mol. The molecule has 1 amide bonds. The Morgan fingerprint density at radius 1 is 1.35 bits per heavy atom. The van der Waals surface area contributed by atoms with E-state index in [-0.39, 0.29) is 5.91 Å². The average Bonchev–Trinajstić information content (AvgIpc) is 2.34. The third-order valence-electron chi connectivity index (χ3n) is 2.68. The molecule has 0 aliphatic rings. The average molecular weight is 234 g/mol. The minimum atomic E-state index is 0.103. The first-order chi connectivity index (χ1) is 8.10. The van der Waals surface area contributed by atoms with Crippen molar-refractivity contribution in [2.45, 2.75) is 20.8 Å². The fraction of sp³-hybridized carbons (Fsp3) is 0.500. The van der Waals surface area contributed by atoms with E-state index in [1.807, 2.05) is 43.1 Å². The Balaban J connectivity index is 2.93. The maximum atomic E-state index is 12.4. The van der Waals surface area contributed by atoms with Crippen molar-refractivity contribution < 1.29 is 4.79 Å². The van der Waals surface area contributed by atoms with Gasteiger partial charge in [0.2, 0.25) is 0 Å². The quantitative estimate of drug-likeness (QED) is 0.849. The molecule has 0 aromatic heterocycles. The molecule has 0 atom stereocenters. The summed E-state index contributed by atoms with van der Waals surface area (Å²) < 4.78 is 0. The zero-order chi connectivity index (χ0) is 12.8. The lowest BCUT2D eigenvalue weighted by Crippen LogP contribution is -2.34. The molecule has 94 valence electrons. The van der Waals surface area contributed by atoms with Gasteiger partial charge in [0, 0.05) is 25.8 Å². The second kappa shape index (κ2) is 6.28. The number of nitrogens with zero attached hydrogens (tertiary/aromatic N) is 1. The number of rotatable bonds is 5.